The molecule has 0 saturated heterocycles. The summed E-state index contributed by atoms with van der Waals surface area (Å²) in [5.41, 5.74) is 0. The van der Waals surface area contributed by atoms with Gasteiger partial charge in [-0.2, -0.15) is 0 Å². The second-order valence-electron chi connectivity index (χ2n) is 2.71. The number of rotatable bonds is 7. The third kappa shape index (κ3) is 8.41. The number of hydrogen-bond acceptors (Lipinski definition) is 4. The maximum Gasteiger partial charge on any atom is 0.306 e. The van der Waals surface area contributed by atoms with Gasteiger partial charge in [0.25, 0.3) is 0 Å². The van der Waals surface area contributed by atoms with E-state index in [9.17, 15) is 13.2 Å². The predicted molar refractivity (Wildman–Crippen MR) is 58.0 cm³/mol. The maximum absolute atomic E-state index is 11.2. The van der Waals surface area contributed by atoms with Crippen LogP contribution in [0.1, 0.15) is 13.3 Å². The van der Waals surface area contributed by atoms with Gasteiger partial charge < -0.3 is 4.74 Å². The first-order chi connectivity index (χ1) is 6.87. The van der Waals surface area contributed by atoms with E-state index in [-0.39, 0.29) is 30.4 Å². The first kappa shape index (κ1) is 14.4. The van der Waals surface area contributed by atoms with Crippen LogP contribution in [-0.4, -0.2) is 33.3 Å². The molecule has 0 saturated carbocycles. The largest absolute Gasteiger partial charge is 0.466 e. The van der Waals surface area contributed by atoms with Gasteiger partial charge in [-0.05, 0) is 6.92 Å². The van der Waals surface area contributed by atoms with E-state index in [0.29, 0.717) is 0 Å². The number of carbonyl (C=O) groups excluding carboxylic acids is 1. The number of halogens is 1. The fraction of sp³-hybridized carbons (Fsp3) is 0.625. The summed E-state index contributed by atoms with van der Waals surface area (Å²) >= 11 is 5.38. The van der Waals surface area contributed by atoms with Gasteiger partial charge in [-0.25, -0.2) is 13.1 Å². The van der Waals surface area contributed by atoms with Crippen molar-refractivity contribution in [2.24, 2.45) is 0 Å². The van der Waals surface area contributed by atoms with Crippen LogP contribution in [0.3, 0.4) is 0 Å². The van der Waals surface area contributed by atoms with E-state index in [4.69, 9.17) is 11.6 Å². The first-order valence-corrected chi connectivity index (χ1v) is 6.36. The summed E-state index contributed by atoms with van der Waals surface area (Å²) in [6.45, 7) is 5.19. The van der Waals surface area contributed by atoms with Crippen molar-refractivity contribution in [2.75, 3.05) is 18.9 Å². The highest BCUT2D eigenvalue weighted by Crippen LogP contribution is 1.97. The lowest BCUT2D eigenvalue weighted by Crippen LogP contribution is -2.28. The van der Waals surface area contributed by atoms with Crippen molar-refractivity contribution < 1.29 is 17.9 Å². The maximum atomic E-state index is 11.2. The summed E-state index contributed by atoms with van der Waals surface area (Å²) in [6.07, 6.45) is -0.169. The van der Waals surface area contributed by atoms with Gasteiger partial charge in [0.2, 0.25) is 10.0 Å². The Kier molecular flexibility index (Phi) is 6.55. The van der Waals surface area contributed by atoms with Crippen molar-refractivity contribution in [1.29, 1.82) is 0 Å². The van der Waals surface area contributed by atoms with E-state index in [1.165, 1.54) is 0 Å². The Bertz CT molecular complexity index is 326. The molecule has 0 fully saturated rings. The summed E-state index contributed by atoms with van der Waals surface area (Å²) in [4.78, 5) is 10.9. The van der Waals surface area contributed by atoms with E-state index < -0.39 is 16.0 Å². The van der Waals surface area contributed by atoms with Gasteiger partial charge >= 0.3 is 5.97 Å². The first-order valence-electron chi connectivity index (χ1n) is 4.33. The van der Waals surface area contributed by atoms with Gasteiger partial charge in [0, 0.05) is 11.6 Å². The highest BCUT2D eigenvalue weighted by atomic mass is 35.5. The molecule has 0 rings (SSSR count). The van der Waals surface area contributed by atoms with Gasteiger partial charge in [-0.15, -0.1) is 0 Å². The predicted octanol–water partition coefficient (Wildman–Crippen LogP) is 0.612. The SMILES string of the molecule is C=C(Cl)CNS(=O)(=O)CCC(=O)OCC. The van der Waals surface area contributed by atoms with E-state index in [0.717, 1.165) is 0 Å². The van der Waals surface area contributed by atoms with Crippen LogP contribution >= 0.6 is 11.6 Å². The number of sulfonamides is 1. The molecule has 0 aliphatic rings. The van der Waals surface area contributed by atoms with Crippen molar-refractivity contribution in [3.63, 3.8) is 0 Å². The number of ether oxygens (including phenoxy) is 1. The summed E-state index contributed by atoms with van der Waals surface area (Å²) in [6, 6.07) is 0. The molecule has 0 radical (unpaired) electrons. The second kappa shape index (κ2) is 6.81. The molecule has 5 nitrogen and oxygen atoms in total. The summed E-state index contributed by atoms with van der Waals surface area (Å²) < 4.78 is 29.2. The van der Waals surface area contributed by atoms with Gasteiger partial charge in [-0.3, -0.25) is 4.79 Å². The molecule has 1 N–H and O–H groups in total. The summed E-state index contributed by atoms with van der Waals surface area (Å²) in [5.74, 6) is -0.844. The van der Waals surface area contributed by atoms with Gasteiger partial charge in [0.1, 0.15) is 0 Å². The van der Waals surface area contributed by atoms with Gasteiger partial charge in [-0.1, -0.05) is 18.2 Å². The lowest BCUT2D eigenvalue weighted by molar-refractivity contribution is -0.142. The van der Waals surface area contributed by atoms with Crippen LogP contribution in [0.4, 0.5) is 0 Å². The van der Waals surface area contributed by atoms with Gasteiger partial charge in [0.05, 0.1) is 18.8 Å². The van der Waals surface area contributed by atoms with Crippen LogP contribution < -0.4 is 4.72 Å². The van der Waals surface area contributed by atoms with E-state index in [1.54, 1.807) is 6.92 Å². The molecule has 0 aliphatic carbocycles. The van der Waals surface area contributed by atoms with Crippen molar-refractivity contribution in [2.45, 2.75) is 13.3 Å². The molecule has 0 aromatic rings. The van der Waals surface area contributed by atoms with Crippen LogP contribution in [0.5, 0.6) is 0 Å². The quantitative estimate of drug-likeness (QED) is 0.677. The standard InChI is InChI=1S/C8H14ClNO4S/c1-3-14-8(11)4-5-15(12,13)10-6-7(2)9/h10H,2-6H2,1H3. The Labute approximate surface area is 94.5 Å². The zero-order chi connectivity index (χ0) is 11.9. The third-order valence-corrected chi connectivity index (χ3v) is 2.82. The molecular weight excluding hydrogens is 242 g/mol. The van der Waals surface area contributed by atoms with Crippen LogP contribution in [0.2, 0.25) is 0 Å². The van der Waals surface area contributed by atoms with Crippen molar-refractivity contribution in [3.05, 3.63) is 11.6 Å². The summed E-state index contributed by atoms with van der Waals surface area (Å²) in [5, 5.41) is 0.190. The van der Waals surface area contributed by atoms with E-state index >= 15 is 0 Å². The Balaban J connectivity index is 3.94. The molecule has 15 heavy (non-hydrogen) atoms. The molecular formula is C8H14ClNO4S. The normalized spacial score (nSPS) is 11.1. The molecule has 0 atom stereocenters. The highest BCUT2D eigenvalue weighted by Gasteiger charge is 2.13. The third-order valence-electron chi connectivity index (χ3n) is 1.36. The minimum absolute atomic E-state index is 0.0350. The zero-order valence-electron chi connectivity index (χ0n) is 8.45. The van der Waals surface area contributed by atoms with Crippen molar-refractivity contribution >= 4 is 27.6 Å². The Hall–Kier alpha value is -0.590. The minimum Gasteiger partial charge on any atom is -0.466 e. The van der Waals surface area contributed by atoms with Gasteiger partial charge in [0.15, 0.2) is 0 Å². The number of esters is 1. The second-order valence-corrected chi connectivity index (χ2v) is 5.17. The van der Waals surface area contributed by atoms with Crippen LogP contribution in [0.25, 0.3) is 0 Å². The van der Waals surface area contributed by atoms with E-state index in [2.05, 4.69) is 16.0 Å². The molecule has 0 unspecified atom stereocenters. The molecule has 0 bridgehead atoms. The lowest BCUT2D eigenvalue weighted by atomic mass is 10.5. The molecule has 0 aromatic heterocycles. The molecule has 0 aromatic carbocycles. The fourth-order valence-electron chi connectivity index (χ4n) is 0.711. The van der Waals surface area contributed by atoms with Crippen molar-refractivity contribution in [3.8, 4) is 0 Å². The minimum atomic E-state index is -3.49. The summed E-state index contributed by atoms with van der Waals surface area (Å²) in [7, 11) is -3.49. The Morgan fingerprint density at radius 1 is 1.53 bits per heavy atom. The van der Waals surface area contributed by atoms with Crippen LogP contribution in [0, 0.1) is 0 Å². The Morgan fingerprint density at radius 3 is 2.60 bits per heavy atom. The molecule has 0 aliphatic heterocycles. The number of nitrogens with one attached hydrogen (secondary N) is 1. The average molecular weight is 256 g/mol. The smallest absolute Gasteiger partial charge is 0.306 e. The van der Waals surface area contributed by atoms with Crippen LogP contribution in [0.15, 0.2) is 11.6 Å². The fourth-order valence-corrected chi connectivity index (χ4v) is 1.83. The van der Waals surface area contributed by atoms with Crippen molar-refractivity contribution in [1.82, 2.24) is 4.72 Å². The number of hydrogen-bond donors (Lipinski definition) is 1. The average Bonchev–Trinajstić information content (AvgIpc) is 2.13. The topological polar surface area (TPSA) is 72.5 Å². The lowest BCUT2D eigenvalue weighted by Gasteiger charge is -2.05. The molecule has 0 spiro atoms. The Morgan fingerprint density at radius 2 is 2.13 bits per heavy atom. The molecule has 0 amide bonds. The molecule has 0 heterocycles. The number of carbonyl (C=O) groups is 1. The van der Waals surface area contributed by atoms with E-state index in [1.807, 2.05) is 0 Å². The highest BCUT2D eigenvalue weighted by molar-refractivity contribution is 7.89. The molecule has 88 valence electrons. The molecule has 7 heteroatoms. The monoisotopic (exact) mass is 255 g/mol. The zero-order valence-corrected chi connectivity index (χ0v) is 10.0. The van der Waals surface area contributed by atoms with Crippen LogP contribution in [-0.2, 0) is 19.6 Å².